The highest BCUT2D eigenvalue weighted by Crippen LogP contribution is 2.24. The van der Waals surface area contributed by atoms with Crippen LogP contribution in [0.25, 0.3) is 0 Å². The lowest BCUT2D eigenvalue weighted by Gasteiger charge is -2.44. The monoisotopic (exact) mass is 424 g/mol. The first-order valence-electron chi connectivity index (χ1n) is 8.99. The molecular weight excluding hydrogens is 400 g/mol. The zero-order chi connectivity index (χ0) is 20.4. The zero-order valence-corrected chi connectivity index (χ0v) is 17.3. The van der Waals surface area contributed by atoms with Crippen molar-refractivity contribution < 1.29 is 17.9 Å². The number of hydrogen-bond acceptors (Lipinski definition) is 7. The van der Waals surface area contributed by atoms with Gasteiger partial charge in [0.15, 0.2) is 10.9 Å². The van der Waals surface area contributed by atoms with Crippen LogP contribution in [-0.2, 0) is 16.4 Å². The Bertz CT molecular complexity index is 918. The van der Waals surface area contributed by atoms with E-state index in [1.54, 1.807) is 7.05 Å². The molecule has 1 aliphatic rings. The number of piperazine rings is 1. The van der Waals surface area contributed by atoms with Crippen LogP contribution in [0.15, 0.2) is 36.5 Å². The van der Waals surface area contributed by atoms with Crippen LogP contribution in [0.4, 0.5) is 5.13 Å². The third-order valence-corrected chi connectivity index (χ3v) is 7.73. The predicted molar refractivity (Wildman–Crippen MR) is 109 cm³/mol. The van der Waals surface area contributed by atoms with Gasteiger partial charge in [0.05, 0.1) is 50.1 Å². The Morgan fingerprint density at radius 3 is 2.54 bits per heavy atom. The second-order valence-electron chi connectivity index (χ2n) is 7.24. The van der Waals surface area contributed by atoms with Crippen LogP contribution in [0, 0.1) is 11.1 Å². The van der Waals surface area contributed by atoms with Gasteiger partial charge in [-0.1, -0.05) is 41.7 Å². The van der Waals surface area contributed by atoms with Gasteiger partial charge < -0.3 is 15.6 Å². The van der Waals surface area contributed by atoms with E-state index in [4.69, 9.17) is 5.73 Å². The Morgan fingerprint density at radius 1 is 1.32 bits per heavy atom. The highest BCUT2D eigenvalue weighted by molar-refractivity contribution is 7.89. The molecule has 1 atom stereocenters. The molecule has 1 fully saturated rings. The molecule has 2 aromatic rings. The first kappa shape index (κ1) is 20.9. The number of nitrogens with zero attached hydrogens (tertiary/aromatic N) is 3. The van der Waals surface area contributed by atoms with Gasteiger partial charge in [-0.2, -0.15) is 4.31 Å². The van der Waals surface area contributed by atoms with Crippen LogP contribution < -0.4 is 5.73 Å². The normalized spacial score (nSPS) is 18.6. The Balaban J connectivity index is 1.81. The zero-order valence-electron chi connectivity index (χ0n) is 15.7. The number of carbonyl (C=O) groups excluding carboxylic acids is 1. The molecule has 3 rings (SSSR count). The summed E-state index contributed by atoms with van der Waals surface area (Å²) in [6, 6.07) is 9.32. The molecule has 0 aliphatic carbocycles. The molecular formula is C18H24N4O4S2. The highest BCUT2D eigenvalue weighted by Gasteiger charge is 2.34. The third-order valence-electron chi connectivity index (χ3n) is 4.91. The highest BCUT2D eigenvalue weighted by atomic mass is 32.2. The second-order valence-corrected chi connectivity index (χ2v) is 10.3. The van der Waals surface area contributed by atoms with Gasteiger partial charge in [0, 0.05) is 5.92 Å². The van der Waals surface area contributed by atoms with Crippen LogP contribution in [0.1, 0.15) is 15.2 Å². The minimum absolute atomic E-state index is 0.169. The fraction of sp³-hybridized carbons (Fsp3) is 0.444. The maximum Gasteiger partial charge on any atom is 0.215 e. The number of thiazole rings is 1. The number of benzene rings is 1. The average molecular weight is 425 g/mol. The molecule has 28 heavy (non-hydrogen) atoms. The standard InChI is InChI=1S/C18H24N4O4S2/c1-22(24)9-7-21(8-10-22)28(25,26)13-15(11-14-5-3-2-4-6-14)17(23)16-12-20-18(19)27-16/h2-6,12,15H,7-11,13H2,1H3,(H2,19,20)/t15-/m0/s1. The van der Waals surface area contributed by atoms with Crippen molar-refractivity contribution in [2.45, 2.75) is 6.42 Å². The van der Waals surface area contributed by atoms with E-state index in [0.717, 1.165) is 16.9 Å². The van der Waals surface area contributed by atoms with E-state index in [2.05, 4.69) is 4.98 Å². The molecule has 1 aromatic carbocycles. The summed E-state index contributed by atoms with van der Waals surface area (Å²) in [7, 11) is -2.14. The molecule has 1 saturated heterocycles. The number of hydrogen-bond donors (Lipinski definition) is 1. The Hall–Kier alpha value is -1.85. The topological polar surface area (TPSA) is 116 Å². The molecule has 0 saturated carbocycles. The summed E-state index contributed by atoms with van der Waals surface area (Å²) < 4.78 is 26.8. The molecule has 0 unspecified atom stereocenters. The van der Waals surface area contributed by atoms with Crippen molar-refractivity contribution in [2.75, 3.05) is 44.7 Å². The number of nitrogens with two attached hydrogens (primary N) is 1. The van der Waals surface area contributed by atoms with Gasteiger partial charge in [-0.15, -0.1) is 0 Å². The van der Waals surface area contributed by atoms with Gasteiger partial charge >= 0.3 is 0 Å². The van der Waals surface area contributed by atoms with Gasteiger partial charge in [-0.05, 0) is 12.0 Å². The van der Waals surface area contributed by atoms with Crippen LogP contribution in [0.5, 0.6) is 0 Å². The second kappa shape index (κ2) is 8.26. The number of aromatic nitrogens is 1. The number of rotatable bonds is 7. The van der Waals surface area contributed by atoms with Gasteiger partial charge in [-0.25, -0.2) is 13.4 Å². The summed E-state index contributed by atoms with van der Waals surface area (Å²) in [6.07, 6.45) is 1.70. The summed E-state index contributed by atoms with van der Waals surface area (Å²) in [5.74, 6) is -1.33. The van der Waals surface area contributed by atoms with Crippen LogP contribution >= 0.6 is 11.3 Å². The van der Waals surface area contributed by atoms with Crippen LogP contribution in [-0.4, -0.2) is 67.1 Å². The molecule has 2 heterocycles. The van der Waals surface area contributed by atoms with E-state index in [1.165, 1.54) is 10.5 Å². The summed E-state index contributed by atoms with van der Waals surface area (Å²) in [5, 5.41) is 12.3. The van der Waals surface area contributed by atoms with Crippen LogP contribution in [0.3, 0.4) is 0 Å². The van der Waals surface area contributed by atoms with Gasteiger partial charge in [-0.3, -0.25) is 4.79 Å². The minimum Gasteiger partial charge on any atom is -0.633 e. The maximum atomic E-state index is 13.0. The fourth-order valence-electron chi connectivity index (χ4n) is 3.24. The number of nitrogen functional groups attached to an aromatic ring is 1. The van der Waals surface area contributed by atoms with Crippen molar-refractivity contribution in [2.24, 2.45) is 5.92 Å². The number of carbonyl (C=O) groups is 1. The van der Waals surface area contributed by atoms with Gasteiger partial charge in [0.2, 0.25) is 10.0 Å². The number of Topliss-reactive ketones (excluding diaryl/α,β-unsaturated/α-hetero) is 1. The predicted octanol–water partition coefficient (Wildman–Crippen LogP) is 1.36. The number of hydroxylamine groups is 3. The van der Waals surface area contributed by atoms with Gasteiger partial charge in [0.1, 0.15) is 0 Å². The molecule has 1 aromatic heterocycles. The summed E-state index contributed by atoms with van der Waals surface area (Å²) in [6.45, 7) is 0.758. The quantitative estimate of drug-likeness (QED) is 0.407. The summed E-state index contributed by atoms with van der Waals surface area (Å²) in [5.41, 5.74) is 6.52. The Kier molecular flexibility index (Phi) is 6.15. The molecule has 0 bridgehead atoms. The summed E-state index contributed by atoms with van der Waals surface area (Å²) in [4.78, 5) is 17.3. The molecule has 2 N–H and O–H groups in total. The van der Waals surface area contributed by atoms with E-state index in [9.17, 15) is 18.4 Å². The van der Waals surface area contributed by atoms with E-state index in [-0.39, 0.29) is 42.8 Å². The average Bonchev–Trinajstić information content (AvgIpc) is 3.07. The molecule has 0 radical (unpaired) electrons. The molecule has 0 amide bonds. The Labute approximate surface area is 168 Å². The molecule has 10 heteroatoms. The number of likely N-dealkylation sites (N-methyl/N-ethyl adjacent to an activating group) is 1. The first-order valence-corrected chi connectivity index (χ1v) is 11.4. The van der Waals surface area contributed by atoms with E-state index in [0.29, 0.717) is 11.3 Å². The smallest absolute Gasteiger partial charge is 0.215 e. The van der Waals surface area contributed by atoms with E-state index in [1.807, 2.05) is 30.3 Å². The van der Waals surface area contributed by atoms with Crippen molar-refractivity contribution in [3.63, 3.8) is 0 Å². The van der Waals surface area contributed by atoms with Crippen LogP contribution in [0.2, 0.25) is 0 Å². The lowest BCUT2D eigenvalue weighted by Crippen LogP contribution is -2.55. The SMILES string of the molecule is C[N+]1([O-])CCN(S(=O)(=O)C[C@H](Cc2ccccc2)C(=O)c2cnc(N)s2)CC1. The first-order chi connectivity index (χ1) is 13.2. The Morgan fingerprint density at radius 2 is 1.96 bits per heavy atom. The molecule has 152 valence electrons. The summed E-state index contributed by atoms with van der Waals surface area (Å²) >= 11 is 1.06. The number of anilines is 1. The van der Waals surface area contributed by atoms with Crippen molar-refractivity contribution in [3.8, 4) is 0 Å². The van der Waals surface area contributed by atoms with Crippen molar-refractivity contribution >= 4 is 32.3 Å². The van der Waals surface area contributed by atoms with E-state index >= 15 is 0 Å². The molecule has 0 spiro atoms. The third kappa shape index (κ3) is 5.15. The van der Waals surface area contributed by atoms with Crippen molar-refractivity contribution in [3.05, 3.63) is 52.2 Å². The number of ketones is 1. The minimum atomic E-state index is -3.68. The lowest BCUT2D eigenvalue weighted by atomic mass is 9.96. The fourth-order valence-corrected chi connectivity index (χ4v) is 5.65. The number of sulfonamides is 1. The molecule has 8 nitrogen and oxygen atoms in total. The van der Waals surface area contributed by atoms with Crippen molar-refractivity contribution in [1.82, 2.24) is 9.29 Å². The lowest BCUT2D eigenvalue weighted by molar-refractivity contribution is -0.864. The number of quaternary nitrogens is 1. The van der Waals surface area contributed by atoms with E-state index < -0.39 is 20.6 Å². The largest absolute Gasteiger partial charge is 0.633 e. The maximum absolute atomic E-state index is 13.0. The van der Waals surface area contributed by atoms with Gasteiger partial charge in [0.25, 0.3) is 0 Å². The van der Waals surface area contributed by atoms with Crippen molar-refractivity contribution in [1.29, 1.82) is 0 Å². The molecule has 1 aliphatic heterocycles.